The molecule has 144 valence electrons. The standard InChI is InChI=1S/C21H24N5OP/c22-25-24-21(15-8-7-14-20-23-16-9-17-26(20)21)28(27,18-10-3-1-4-11-18)19-12-5-2-6-13-19/h1-6,10-13H,7-9,14-17H2. The van der Waals surface area contributed by atoms with Crippen molar-refractivity contribution in [2.45, 2.75) is 37.5 Å². The Bertz CT molecular complexity index is 912. The predicted molar refractivity (Wildman–Crippen MR) is 114 cm³/mol. The van der Waals surface area contributed by atoms with E-state index in [1.165, 1.54) is 0 Å². The largest absolute Gasteiger partial charge is 0.342 e. The van der Waals surface area contributed by atoms with E-state index in [0.717, 1.165) is 48.7 Å². The van der Waals surface area contributed by atoms with Crippen LogP contribution in [0, 0.1) is 0 Å². The molecule has 0 saturated carbocycles. The van der Waals surface area contributed by atoms with Crippen LogP contribution < -0.4 is 10.6 Å². The van der Waals surface area contributed by atoms with Crippen molar-refractivity contribution >= 4 is 23.6 Å². The first kappa shape index (κ1) is 18.8. The van der Waals surface area contributed by atoms with E-state index in [9.17, 15) is 5.53 Å². The molecular weight excluding hydrogens is 369 g/mol. The SMILES string of the molecule is [N-]=[N+]=NC1(P(=O)(c2ccccc2)c2ccccc2)CCCCC2=NCCCN21. The lowest BCUT2D eigenvalue weighted by molar-refractivity contribution is 0.243. The first-order valence-corrected chi connectivity index (χ1v) is 11.5. The van der Waals surface area contributed by atoms with E-state index in [1.807, 2.05) is 60.7 Å². The van der Waals surface area contributed by atoms with Gasteiger partial charge in [-0.3, -0.25) is 4.99 Å². The lowest BCUT2D eigenvalue weighted by Gasteiger charge is -2.47. The number of hydrogen-bond donors (Lipinski definition) is 0. The number of aliphatic imine (C=N–C) groups is 1. The van der Waals surface area contributed by atoms with Crippen LogP contribution in [0.3, 0.4) is 0 Å². The van der Waals surface area contributed by atoms with Crippen LogP contribution in [0.1, 0.15) is 32.1 Å². The van der Waals surface area contributed by atoms with E-state index < -0.39 is 12.5 Å². The monoisotopic (exact) mass is 393 g/mol. The van der Waals surface area contributed by atoms with Gasteiger partial charge in [-0.2, -0.15) is 0 Å². The Labute approximate surface area is 165 Å². The van der Waals surface area contributed by atoms with Gasteiger partial charge in [0.25, 0.3) is 0 Å². The number of azide groups is 1. The van der Waals surface area contributed by atoms with Gasteiger partial charge in [-0.15, -0.1) is 0 Å². The Hall–Kier alpha value is -2.55. The van der Waals surface area contributed by atoms with Crippen molar-refractivity contribution in [2.24, 2.45) is 10.1 Å². The molecule has 0 bridgehead atoms. The quantitative estimate of drug-likeness (QED) is 0.328. The lowest BCUT2D eigenvalue weighted by atomic mass is 10.2. The van der Waals surface area contributed by atoms with Crippen molar-refractivity contribution in [2.75, 3.05) is 13.1 Å². The van der Waals surface area contributed by atoms with E-state index in [-0.39, 0.29) is 0 Å². The Balaban J connectivity index is 2.04. The zero-order valence-corrected chi connectivity index (χ0v) is 16.7. The minimum atomic E-state index is -3.34. The molecule has 7 heteroatoms. The molecule has 28 heavy (non-hydrogen) atoms. The summed E-state index contributed by atoms with van der Waals surface area (Å²) in [6, 6.07) is 19.0. The molecule has 2 heterocycles. The third kappa shape index (κ3) is 2.94. The van der Waals surface area contributed by atoms with Gasteiger partial charge in [0.15, 0.2) is 12.5 Å². The molecule has 1 unspecified atom stereocenters. The zero-order chi connectivity index (χ0) is 19.5. The molecule has 1 saturated heterocycles. The van der Waals surface area contributed by atoms with Crippen molar-refractivity contribution in [3.8, 4) is 0 Å². The van der Waals surface area contributed by atoms with E-state index in [4.69, 9.17) is 4.99 Å². The number of amidine groups is 1. The highest BCUT2D eigenvalue weighted by atomic mass is 31.2. The molecule has 0 aliphatic carbocycles. The first-order valence-electron chi connectivity index (χ1n) is 9.81. The molecule has 0 N–H and O–H groups in total. The van der Waals surface area contributed by atoms with Gasteiger partial charge >= 0.3 is 0 Å². The molecule has 2 aromatic carbocycles. The molecule has 6 nitrogen and oxygen atoms in total. The van der Waals surface area contributed by atoms with Crippen LogP contribution in [0.15, 0.2) is 70.8 Å². The Kier molecular flexibility index (Phi) is 5.25. The highest BCUT2D eigenvalue weighted by Gasteiger charge is 2.55. The average Bonchev–Trinajstić information content (AvgIpc) is 2.95. The summed E-state index contributed by atoms with van der Waals surface area (Å²) in [6.45, 7) is 1.49. The van der Waals surface area contributed by atoms with Gasteiger partial charge in [0.05, 0.1) is 5.84 Å². The summed E-state index contributed by atoms with van der Waals surface area (Å²) in [7, 11) is -3.34. The molecule has 0 amide bonds. The number of benzene rings is 2. The average molecular weight is 393 g/mol. The van der Waals surface area contributed by atoms with E-state index in [0.29, 0.717) is 13.0 Å². The van der Waals surface area contributed by atoms with Gasteiger partial charge in [-0.05, 0) is 24.8 Å². The molecule has 0 radical (unpaired) electrons. The highest BCUT2D eigenvalue weighted by molar-refractivity contribution is 7.80. The Morgan fingerprint density at radius 3 is 2.25 bits per heavy atom. The van der Waals surface area contributed by atoms with Crippen molar-refractivity contribution in [3.63, 3.8) is 0 Å². The maximum Gasteiger partial charge on any atom is 0.181 e. The third-order valence-corrected chi connectivity index (χ3v) is 9.30. The highest BCUT2D eigenvalue weighted by Crippen LogP contribution is 2.61. The molecule has 0 spiro atoms. The second-order valence-electron chi connectivity index (χ2n) is 7.25. The number of rotatable bonds is 4. The molecule has 1 fully saturated rings. The number of hydrogen-bond acceptors (Lipinski definition) is 4. The molecule has 2 aliphatic heterocycles. The van der Waals surface area contributed by atoms with E-state index >= 15 is 4.57 Å². The molecular formula is C21H24N5OP. The van der Waals surface area contributed by atoms with Crippen molar-refractivity contribution in [1.29, 1.82) is 0 Å². The Morgan fingerprint density at radius 2 is 1.64 bits per heavy atom. The molecule has 4 rings (SSSR count). The van der Waals surface area contributed by atoms with Gasteiger partial charge < -0.3 is 9.46 Å². The molecule has 0 aromatic heterocycles. The van der Waals surface area contributed by atoms with Crippen LogP contribution in [0.4, 0.5) is 0 Å². The minimum Gasteiger partial charge on any atom is -0.342 e. The van der Waals surface area contributed by atoms with Gasteiger partial charge in [-0.1, -0.05) is 72.2 Å². The van der Waals surface area contributed by atoms with Crippen molar-refractivity contribution < 1.29 is 4.57 Å². The molecule has 1 atom stereocenters. The zero-order valence-electron chi connectivity index (χ0n) is 15.8. The summed E-state index contributed by atoms with van der Waals surface area (Å²) in [4.78, 5) is 10.0. The second-order valence-corrected chi connectivity index (χ2v) is 10.2. The second kappa shape index (κ2) is 7.83. The number of fused-ring (bicyclic) bond motifs is 1. The van der Waals surface area contributed by atoms with Crippen molar-refractivity contribution in [1.82, 2.24) is 4.90 Å². The fraction of sp³-hybridized carbons (Fsp3) is 0.381. The lowest BCUT2D eigenvalue weighted by Crippen LogP contribution is -2.54. The number of nitrogens with zero attached hydrogens (tertiary/aromatic N) is 5. The summed E-state index contributed by atoms with van der Waals surface area (Å²) in [6.07, 6.45) is 4.07. The van der Waals surface area contributed by atoms with Crippen LogP contribution in [-0.4, -0.2) is 29.2 Å². The maximum atomic E-state index is 15.1. The first-order chi connectivity index (χ1) is 13.7. The summed E-state index contributed by atoms with van der Waals surface area (Å²) >= 11 is 0. The maximum absolute atomic E-state index is 15.1. The van der Waals surface area contributed by atoms with Gasteiger partial charge in [0.2, 0.25) is 0 Å². The summed E-state index contributed by atoms with van der Waals surface area (Å²) in [5, 5.41) is 4.63. The van der Waals surface area contributed by atoms with Crippen LogP contribution in [0.5, 0.6) is 0 Å². The minimum absolute atomic E-state index is 0.553. The molecule has 2 aliphatic rings. The summed E-state index contributed by atoms with van der Waals surface area (Å²) in [5.74, 6) is 0.934. The summed E-state index contributed by atoms with van der Waals surface area (Å²) < 4.78 is 15.1. The Morgan fingerprint density at radius 1 is 1.00 bits per heavy atom. The van der Waals surface area contributed by atoms with Crippen LogP contribution >= 0.6 is 7.14 Å². The van der Waals surface area contributed by atoms with Crippen LogP contribution in [0.25, 0.3) is 10.4 Å². The van der Waals surface area contributed by atoms with Gasteiger partial charge in [-0.25, -0.2) is 0 Å². The predicted octanol–water partition coefficient (Wildman–Crippen LogP) is 4.64. The third-order valence-electron chi connectivity index (χ3n) is 5.69. The molecule has 2 aromatic rings. The van der Waals surface area contributed by atoms with Gasteiger partial charge in [0, 0.05) is 35.0 Å². The topological polar surface area (TPSA) is 81.4 Å². The fourth-order valence-electron chi connectivity index (χ4n) is 4.44. The van der Waals surface area contributed by atoms with Gasteiger partial charge in [0.1, 0.15) is 0 Å². The summed E-state index contributed by atoms with van der Waals surface area (Å²) in [5.41, 5.74) is 9.59. The van der Waals surface area contributed by atoms with E-state index in [1.54, 1.807) is 0 Å². The smallest absolute Gasteiger partial charge is 0.181 e. The van der Waals surface area contributed by atoms with Crippen molar-refractivity contribution in [3.05, 3.63) is 71.1 Å². The van der Waals surface area contributed by atoms with Crippen LogP contribution in [0.2, 0.25) is 0 Å². The van der Waals surface area contributed by atoms with Crippen LogP contribution in [-0.2, 0) is 4.57 Å². The van der Waals surface area contributed by atoms with E-state index in [2.05, 4.69) is 14.9 Å². The normalized spacial score (nSPS) is 22.4. The fourth-order valence-corrected chi connectivity index (χ4v) is 7.94.